The van der Waals surface area contributed by atoms with Crippen LogP contribution in [0.15, 0.2) is 0 Å². The highest BCUT2D eigenvalue weighted by molar-refractivity contribution is 5.86. The smallest absolute Gasteiger partial charge is 0.242 e. The van der Waals surface area contributed by atoms with Gasteiger partial charge in [0.25, 0.3) is 0 Å². The predicted octanol–water partition coefficient (Wildman–Crippen LogP) is -0.355. The van der Waals surface area contributed by atoms with Crippen LogP contribution in [0.2, 0.25) is 0 Å². The summed E-state index contributed by atoms with van der Waals surface area (Å²) in [5.74, 6) is 0.318. The SMILES string of the molecule is CC1OCCC1CNC(=O)C1(N)CCOC1. The van der Waals surface area contributed by atoms with Crippen molar-refractivity contribution in [2.24, 2.45) is 11.7 Å². The Morgan fingerprint density at radius 1 is 1.56 bits per heavy atom. The number of carbonyl (C=O) groups excluding carboxylic acids is 1. The Bertz CT molecular complexity index is 264. The molecule has 2 aliphatic heterocycles. The first-order chi connectivity index (χ1) is 7.62. The van der Waals surface area contributed by atoms with Crippen LogP contribution in [0.5, 0.6) is 0 Å². The van der Waals surface area contributed by atoms with Crippen molar-refractivity contribution >= 4 is 5.91 Å². The second-order valence-electron chi connectivity index (χ2n) is 4.79. The van der Waals surface area contributed by atoms with Gasteiger partial charge in [0.15, 0.2) is 0 Å². The van der Waals surface area contributed by atoms with Gasteiger partial charge < -0.3 is 20.5 Å². The Hall–Kier alpha value is -0.650. The molecule has 0 aliphatic carbocycles. The van der Waals surface area contributed by atoms with Crippen LogP contribution >= 0.6 is 0 Å². The molecule has 2 heterocycles. The Morgan fingerprint density at radius 2 is 2.38 bits per heavy atom. The molecule has 0 aromatic heterocycles. The highest BCUT2D eigenvalue weighted by atomic mass is 16.5. The summed E-state index contributed by atoms with van der Waals surface area (Å²) in [6, 6.07) is 0. The molecule has 2 saturated heterocycles. The van der Waals surface area contributed by atoms with Crippen molar-refractivity contribution in [1.82, 2.24) is 5.32 Å². The minimum Gasteiger partial charge on any atom is -0.379 e. The first kappa shape index (κ1) is 11.8. The summed E-state index contributed by atoms with van der Waals surface area (Å²) in [4.78, 5) is 11.9. The van der Waals surface area contributed by atoms with Gasteiger partial charge in [-0.15, -0.1) is 0 Å². The largest absolute Gasteiger partial charge is 0.379 e. The average molecular weight is 228 g/mol. The van der Waals surface area contributed by atoms with Crippen LogP contribution in [0, 0.1) is 5.92 Å². The normalized spacial score (nSPS) is 38.9. The monoisotopic (exact) mass is 228 g/mol. The molecule has 5 heteroatoms. The molecular formula is C11H20N2O3. The second-order valence-corrected chi connectivity index (χ2v) is 4.79. The summed E-state index contributed by atoms with van der Waals surface area (Å²) in [6.45, 7) is 4.39. The quantitative estimate of drug-likeness (QED) is 0.692. The second kappa shape index (κ2) is 4.69. The van der Waals surface area contributed by atoms with E-state index >= 15 is 0 Å². The zero-order valence-corrected chi connectivity index (χ0v) is 9.70. The molecule has 0 spiro atoms. The average Bonchev–Trinajstić information content (AvgIpc) is 2.85. The van der Waals surface area contributed by atoms with Crippen molar-refractivity contribution in [3.05, 3.63) is 0 Å². The minimum atomic E-state index is -0.817. The van der Waals surface area contributed by atoms with Crippen LogP contribution in [-0.2, 0) is 14.3 Å². The van der Waals surface area contributed by atoms with E-state index in [2.05, 4.69) is 5.32 Å². The van der Waals surface area contributed by atoms with Crippen LogP contribution in [0.25, 0.3) is 0 Å². The van der Waals surface area contributed by atoms with E-state index in [1.54, 1.807) is 0 Å². The van der Waals surface area contributed by atoms with Crippen molar-refractivity contribution in [3.8, 4) is 0 Å². The summed E-state index contributed by atoms with van der Waals surface area (Å²) in [7, 11) is 0. The van der Waals surface area contributed by atoms with Crippen molar-refractivity contribution < 1.29 is 14.3 Å². The minimum absolute atomic E-state index is 0.0934. The lowest BCUT2D eigenvalue weighted by atomic mass is 9.98. The molecule has 1 amide bonds. The van der Waals surface area contributed by atoms with Crippen LogP contribution in [0.3, 0.4) is 0 Å². The Balaban J connectivity index is 1.79. The number of ether oxygens (including phenoxy) is 2. The van der Waals surface area contributed by atoms with Crippen LogP contribution in [-0.4, -0.2) is 43.9 Å². The Kier molecular flexibility index (Phi) is 3.47. The Morgan fingerprint density at radius 3 is 2.94 bits per heavy atom. The maximum absolute atomic E-state index is 11.9. The molecule has 3 N–H and O–H groups in total. The standard InChI is InChI=1S/C11H20N2O3/c1-8-9(2-4-16-8)6-13-10(14)11(12)3-5-15-7-11/h8-9H,2-7,12H2,1H3,(H,13,14). The number of nitrogens with two attached hydrogens (primary N) is 1. The van der Waals surface area contributed by atoms with Crippen LogP contribution < -0.4 is 11.1 Å². The molecule has 3 unspecified atom stereocenters. The van der Waals surface area contributed by atoms with Crippen LogP contribution in [0.1, 0.15) is 19.8 Å². The zero-order valence-electron chi connectivity index (χ0n) is 9.70. The van der Waals surface area contributed by atoms with E-state index in [-0.39, 0.29) is 12.0 Å². The summed E-state index contributed by atoms with van der Waals surface area (Å²) in [5.41, 5.74) is 5.14. The van der Waals surface area contributed by atoms with Crippen molar-refractivity contribution in [1.29, 1.82) is 0 Å². The number of rotatable bonds is 3. The van der Waals surface area contributed by atoms with Crippen molar-refractivity contribution in [3.63, 3.8) is 0 Å². The van der Waals surface area contributed by atoms with Gasteiger partial charge in [0.05, 0.1) is 12.7 Å². The summed E-state index contributed by atoms with van der Waals surface area (Å²) >= 11 is 0. The number of hydrogen-bond donors (Lipinski definition) is 2. The van der Waals surface area contributed by atoms with E-state index < -0.39 is 5.54 Å². The number of hydrogen-bond acceptors (Lipinski definition) is 4. The van der Waals surface area contributed by atoms with Gasteiger partial charge in [-0.05, 0) is 19.8 Å². The molecule has 2 fully saturated rings. The molecule has 3 atom stereocenters. The molecule has 0 radical (unpaired) electrons. The fourth-order valence-corrected chi connectivity index (χ4v) is 2.20. The lowest BCUT2D eigenvalue weighted by Crippen LogP contribution is -2.55. The summed E-state index contributed by atoms with van der Waals surface area (Å²) < 4.78 is 10.6. The van der Waals surface area contributed by atoms with E-state index in [4.69, 9.17) is 15.2 Å². The fraction of sp³-hybridized carbons (Fsp3) is 0.909. The first-order valence-corrected chi connectivity index (χ1v) is 5.88. The Labute approximate surface area is 95.7 Å². The van der Waals surface area contributed by atoms with E-state index in [0.29, 0.717) is 32.1 Å². The maximum Gasteiger partial charge on any atom is 0.242 e. The van der Waals surface area contributed by atoms with Crippen LogP contribution in [0.4, 0.5) is 0 Å². The molecule has 16 heavy (non-hydrogen) atoms. The van der Waals surface area contributed by atoms with Crippen molar-refractivity contribution in [2.45, 2.75) is 31.4 Å². The van der Waals surface area contributed by atoms with E-state index in [1.807, 2.05) is 6.92 Å². The lowest BCUT2D eigenvalue weighted by molar-refractivity contribution is -0.126. The van der Waals surface area contributed by atoms with Gasteiger partial charge in [-0.3, -0.25) is 4.79 Å². The third kappa shape index (κ3) is 2.36. The lowest BCUT2D eigenvalue weighted by Gasteiger charge is -2.22. The molecule has 5 nitrogen and oxygen atoms in total. The zero-order chi connectivity index (χ0) is 11.6. The van der Waals surface area contributed by atoms with E-state index in [9.17, 15) is 4.79 Å². The number of nitrogens with one attached hydrogen (secondary N) is 1. The van der Waals surface area contributed by atoms with Gasteiger partial charge >= 0.3 is 0 Å². The highest BCUT2D eigenvalue weighted by Crippen LogP contribution is 2.20. The van der Waals surface area contributed by atoms with Gasteiger partial charge in [0, 0.05) is 25.7 Å². The van der Waals surface area contributed by atoms with Crippen molar-refractivity contribution in [2.75, 3.05) is 26.4 Å². The summed E-state index contributed by atoms with van der Waals surface area (Å²) in [5, 5.41) is 2.91. The molecule has 2 rings (SSSR count). The van der Waals surface area contributed by atoms with Gasteiger partial charge in [-0.1, -0.05) is 0 Å². The molecule has 2 aliphatic rings. The number of amides is 1. The van der Waals surface area contributed by atoms with Gasteiger partial charge in [0.2, 0.25) is 5.91 Å². The van der Waals surface area contributed by atoms with Gasteiger partial charge in [0.1, 0.15) is 5.54 Å². The molecule has 0 aromatic carbocycles. The molecule has 0 aromatic rings. The predicted molar refractivity (Wildman–Crippen MR) is 58.9 cm³/mol. The van der Waals surface area contributed by atoms with E-state index in [0.717, 1.165) is 13.0 Å². The molecule has 0 saturated carbocycles. The highest BCUT2D eigenvalue weighted by Gasteiger charge is 2.38. The summed E-state index contributed by atoms with van der Waals surface area (Å²) in [6.07, 6.45) is 1.85. The maximum atomic E-state index is 11.9. The van der Waals surface area contributed by atoms with E-state index in [1.165, 1.54) is 0 Å². The fourth-order valence-electron chi connectivity index (χ4n) is 2.20. The molecule has 0 bridgehead atoms. The topological polar surface area (TPSA) is 73.6 Å². The molecular weight excluding hydrogens is 208 g/mol. The number of carbonyl (C=O) groups is 1. The third-order valence-corrected chi connectivity index (χ3v) is 3.56. The van der Waals surface area contributed by atoms with Gasteiger partial charge in [-0.25, -0.2) is 0 Å². The molecule has 92 valence electrons. The third-order valence-electron chi connectivity index (χ3n) is 3.56. The van der Waals surface area contributed by atoms with Gasteiger partial charge in [-0.2, -0.15) is 0 Å². The first-order valence-electron chi connectivity index (χ1n) is 5.88.